The van der Waals surface area contributed by atoms with Crippen LogP contribution >= 0.6 is 11.6 Å². The van der Waals surface area contributed by atoms with Crippen molar-refractivity contribution in [2.24, 2.45) is 5.73 Å². The highest BCUT2D eigenvalue weighted by Crippen LogP contribution is 2.20. The van der Waals surface area contributed by atoms with Crippen LogP contribution in [0.5, 0.6) is 0 Å². The minimum Gasteiger partial charge on any atom is -0.334 e. The van der Waals surface area contributed by atoms with Crippen molar-refractivity contribution in [1.29, 1.82) is 0 Å². The lowest BCUT2D eigenvalue weighted by Crippen LogP contribution is -2.45. The molecule has 0 radical (unpaired) electrons. The second kappa shape index (κ2) is 5.59. The number of urea groups is 1. The van der Waals surface area contributed by atoms with Gasteiger partial charge in [0.25, 0.3) is 0 Å². The first-order valence-corrected chi connectivity index (χ1v) is 6.53. The van der Waals surface area contributed by atoms with Gasteiger partial charge in [-0.1, -0.05) is 17.7 Å². The van der Waals surface area contributed by atoms with Gasteiger partial charge in [-0.15, -0.1) is 0 Å². The quantitative estimate of drug-likeness (QED) is 0.771. The van der Waals surface area contributed by atoms with Gasteiger partial charge in [0.2, 0.25) is 0 Å². The highest BCUT2D eigenvalue weighted by atomic mass is 35.5. The molecule has 1 aromatic rings. The molecule has 0 aliphatic heterocycles. The Bertz CT molecular complexity index is 450. The summed E-state index contributed by atoms with van der Waals surface area (Å²) in [5.41, 5.74) is 7.58. The predicted octanol–water partition coefficient (Wildman–Crippen LogP) is 2.65. The lowest BCUT2D eigenvalue weighted by Gasteiger charge is -2.17. The summed E-state index contributed by atoms with van der Waals surface area (Å²) in [5, 5.41) is 6.30. The SMILES string of the molecule is Cc1ccc(NC(=O)NC2CCCC2N)cc1Cl. The maximum Gasteiger partial charge on any atom is 0.319 e. The van der Waals surface area contributed by atoms with Crippen LogP contribution in [0.3, 0.4) is 0 Å². The third-order valence-corrected chi connectivity index (χ3v) is 3.72. The van der Waals surface area contributed by atoms with Crippen molar-refractivity contribution < 1.29 is 4.79 Å². The first-order chi connectivity index (χ1) is 8.56. The lowest BCUT2D eigenvalue weighted by molar-refractivity contribution is 0.247. The molecule has 1 aliphatic carbocycles. The van der Waals surface area contributed by atoms with Crippen molar-refractivity contribution in [2.45, 2.75) is 38.3 Å². The van der Waals surface area contributed by atoms with Gasteiger partial charge in [-0.3, -0.25) is 0 Å². The number of benzene rings is 1. The standard InChI is InChI=1S/C13H18ClN3O/c1-8-5-6-9(7-10(8)14)16-13(18)17-12-4-2-3-11(12)15/h5-7,11-12H,2-4,15H2,1H3,(H2,16,17,18). The van der Waals surface area contributed by atoms with Crippen molar-refractivity contribution in [3.8, 4) is 0 Å². The summed E-state index contributed by atoms with van der Waals surface area (Å²) in [6.45, 7) is 1.92. The Balaban J connectivity index is 1.92. The minimum atomic E-state index is -0.225. The van der Waals surface area contributed by atoms with Gasteiger partial charge in [-0.05, 0) is 43.9 Å². The second-order valence-corrected chi connectivity index (χ2v) is 5.17. The van der Waals surface area contributed by atoms with Crippen molar-refractivity contribution >= 4 is 23.3 Å². The minimum absolute atomic E-state index is 0.0670. The molecule has 0 bridgehead atoms. The molecular formula is C13H18ClN3O. The normalized spacial score (nSPS) is 22.8. The molecule has 2 unspecified atom stereocenters. The number of anilines is 1. The van der Waals surface area contributed by atoms with Gasteiger partial charge >= 0.3 is 6.03 Å². The summed E-state index contributed by atoms with van der Waals surface area (Å²) in [6, 6.07) is 5.36. The number of nitrogens with two attached hydrogens (primary N) is 1. The van der Waals surface area contributed by atoms with E-state index in [-0.39, 0.29) is 18.1 Å². The van der Waals surface area contributed by atoms with E-state index >= 15 is 0 Å². The number of carbonyl (C=O) groups excluding carboxylic acids is 1. The number of amides is 2. The molecule has 5 heteroatoms. The van der Waals surface area contributed by atoms with E-state index in [2.05, 4.69) is 10.6 Å². The average molecular weight is 268 g/mol. The molecule has 0 saturated heterocycles. The van der Waals surface area contributed by atoms with Crippen molar-refractivity contribution in [2.75, 3.05) is 5.32 Å². The second-order valence-electron chi connectivity index (χ2n) is 4.76. The Morgan fingerprint density at radius 1 is 1.44 bits per heavy atom. The van der Waals surface area contributed by atoms with Gasteiger partial charge in [0.05, 0.1) is 0 Å². The Labute approximate surface area is 112 Å². The zero-order chi connectivity index (χ0) is 13.1. The topological polar surface area (TPSA) is 67.2 Å². The zero-order valence-electron chi connectivity index (χ0n) is 10.4. The van der Waals surface area contributed by atoms with Gasteiger partial charge in [-0.2, -0.15) is 0 Å². The highest BCUT2D eigenvalue weighted by molar-refractivity contribution is 6.31. The Morgan fingerprint density at radius 2 is 2.22 bits per heavy atom. The van der Waals surface area contributed by atoms with E-state index < -0.39 is 0 Å². The number of hydrogen-bond acceptors (Lipinski definition) is 2. The number of carbonyl (C=O) groups is 1. The van der Waals surface area contributed by atoms with Crippen molar-refractivity contribution in [1.82, 2.24) is 5.32 Å². The number of aryl methyl sites for hydroxylation is 1. The molecule has 1 aliphatic rings. The van der Waals surface area contributed by atoms with Crippen LogP contribution in [-0.4, -0.2) is 18.1 Å². The van der Waals surface area contributed by atoms with Crippen LogP contribution in [-0.2, 0) is 0 Å². The van der Waals surface area contributed by atoms with Crippen LogP contribution in [0.15, 0.2) is 18.2 Å². The molecule has 2 atom stereocenters. The van der Waals surface area contributed by atoms with E-state index in [0.29, 0.717) is 10.7 Å². The predicted molar refractivity (Wildman–Crippen MR) is 74.0 cm³/mol. The molecule has 98 valence electrons. The van der Waals surface area contributed by atoms with E-state index in [9.17, 15) is 4.79 Å². The van der Waals surface area contributed by atoms with Crippen LogP contribution in [0.1, 0.15) is 24.8 Å². The molecule has 2 amide bonds. The van der Waals surface area contributed by atoms with E-state index in [1.807, 2.05) is 19.1 Å². The summed E-state index contributed by atoms with van der Waals surface area (Å²) in [7, 11) is 0. The van der Waals surface area contributed by atoms with E-state index in [4.69, 9.17) is 17.3 Å². The highest BCUT2D eigenvalue weighted by Gasteiger charge is 2.25. The Morgan fingerprint density at radius 3 is 2.83 bits per heavy atom. The number of hydrogen-bond donors (Lipinski definition) is 3. The van der Waals surface area contributed by atoms with Gasteiger partial charge < -0.3 is 16.4 Å². The van der Waals surface area contributed by atoms with Gasteiger partial charge in [0, 0.05) is 22.8 Å². The van der Waals surface area contributed by atoms with E-state index in [1.54, 1.807) is 6.07 Å². The first-order valence-electron chi connectivity index (χ1n) is 6.15. The monoisotopic (exact) mass is 267 g/mol. The number of rotatable bonds is 2. The van der Waals surface area contributed by atoms with E-state index in [1.165, 1.54) is 0 Å². The van der Waals surface area contributed by atoms with Crippen LogP contribution in [0, 0.1) is 6.92 Å². The van der Waals surface area contributed by atoms with Crippen LogP contribution < -0.4 is 16.4 Å². The fourth-order valence-corrected chi connectivity index (χ4v) is 2.35. The molecule has 0 heterocycles. The zero-order valence-corrected chi connectivity index (χ0v) is 11.1. The summed E-state index contributed by atoms with van der Waals surface area (Å²) in [5.74, 6) is 0. The van der Waals surface area contributed by atoms with Crippen molar-refractivity contribution in [3.05, 3.63) is 28.8 Å². The van der Waals surface area contributed by atoms with Gasteiger partial charge in [0.1, 0.15) is 0 Å². The summed E-state index contributed by atoms with van der Waals surface area (Å²) >= 11 is 6.00. The molecule has 0 spiro atoms. The third kappa shape index (κ3) is 3.15. The smallest absolute Gasteiger partial charge is 0.319 e. The first kappa shape index (κ1) is 13.2. The summed E-state index contributed by atoms with van der Waals surface area (Å²) in [4.78, 5) is 11.8. The molecule has 4 nitrogen and oxygen atoms in total. The largest absolute Gasteiger partial charge is 0.334 e. The molecular weight excluding hydrogens is 250 g/mol. The molecule has 1 aromatic carbocycles. The Hall–Kier alpha value is -1.26. The number of halogens is 1. The van der Waals surface area contributed by atoms with Gasteiger partial charge in [0.15, 0.2) is 0 Å². The maximum absolute atomic E-state index is 11.8. The molecule has 2 rings (SSSR count). The maximum atomic E-state index is 11.8. The molecule has 18 heavy (non-hydrogen) atoms. The fourth-order valence-electron chi connectivity index (χ4n) is 2.17. The van der Waals surface area contributed by atoms with Crippen molar-refractivity contribution in [3.63, 3.8) is 0 Å². The molecule has 1 saturated carbocycles. The average Bonchev–Trinajstić information content (AvgIpc) is 2.70. The van der Waals surface area contributed by atoms with Gasteiger partial charge in [-0.25, -0.2) is 4.79 Å². The number of nitrogens with one attached hydrogen (secondary N) is 2. The fraction of sp³-hybridized carbons (Fsp3) is 0.462. The van der Waals surface area contributed by atoms with Crippen LogP contribution in [0.4, 0.5) is 10.5 Å². The lowest BCUT2D eigenvalue weighted by atomic mass is 10.2. The summed E-state index contributed by atoms with van der Waals surface area (Å²) < 4.78 is 0. The summed E-state index contributed by atoms with van der Waals surface area (Å²) in [6.07, 6.45) is 2.99. The Kier molecular flexibility index (Phi) is 4.09. The van der Waals surface area contributed by atoms with Crippen LogP contribution in [0.2, 0.25) is 5.02 Å². The van der Waals surface area contributed by atoms with Crippen LogP contribution in [0.25, 0.3) is 0 Å². The molecule has 1 fully saturated rings. The molecule has 4 N–H and O–H groups in total. The third-order valence-electron chi connectivity index (χ3n) is 3.32. The molecule has 0 aromatic heterocycles. The van der Waals surface area contributed by atoms with E-state index in [0.717, 1.165) is 24.8 Å².